The maximum atomic E-state index is 12.1. The fourth-order valence-corrected chi connectivity index (χ4v) is 2.15. The Hall–Kier alpha value is -1.35. The fourth-order valence-electron chi connectivity index (χ4n) is 2.15. The lowest BCUT2D eigenvalue weighted by Gasteiger charge is -2.23. The highest BCUT2D eigenvalue weighted by Crippen LogP contribution is 2.16. The molecule has 1 saturated heterocycles. The van der Waals surface area contributed by atoms with Crippen LogP contribution in [0.4, 0.5) is 0 Å². The number of nitrogens with one attached hydrogen (secondary N) is 1. The highest BCUT2D eigenvalue weighted by molar-refractivity contribution is 5.94. The number of carbonyl (C=O) groups is 1. The average Bonchev–Trinajstić information content (AvgIpc) is 2.40. The van der Waals surface area contributed by atoms with Crippen LogP contribution in [0, 0.1) is 0 Å². The zero-order valence-corrected chi connectivity index (χ0v) is 11.1. The van der Waals surface area contributed by atoms with Crippen LogP contribution in [0.3, 0.4) is 0 Å². The minimum absolute atomic E-state index is 0.0319. The van der Waals surface area contributed by atoms with E-state index in [1.807, 2.05) is 18.2 Å². The van der Waals surface area contributed by atoms with E-state index in [9.17, 15) is 4.79 Å². The second-order valence-corrected chi connectivity index (χ2v) is 5.14. The van der Waals surface area contributed by atoms with Gasteiger partial charge in [0.2, 0.25) is 0 Å². The van der Waals surface area contributed by atoms with E-state index in [4.69, 9.17) is 4.74 Å². The van der Waals surface area contributed by atoms with Crippen molar-refractivity contribution in [3.05, 3.63) is 35.4 Å². The zero-order chi connectivity index (χ0) is 13.0. The molecule has 1 heterocycles. The van der Waals surface area contributed by atoms with E-state index in [2.05, 4.69) is 25.2 Å². The van der Waals surface area contributed by atoms with Gasteiger partial charge >= 0.3 is 0 Å². The van der Waals surface area contributed by atoms with Gasteiger partial charge in [0.25, 0.3) is 5.91 Å². The van der Waals surface area contributed by atoms with Gasteiger partial charge in [0.1, 0.15) is 0 Å². The molecule has 18 heavy (non-hydrogen) atoms. The van der Waals surface area contributed by atoms with Crippen molar-refractivity contribution < 1.29 is 9.53 Å². The van der Waals surface area contributed by atoms with Crippen molar-refractivity contribution >= 4 is 5.91 Å². The molecule has 1 fully saturated rings. The van der Waals surface area contributed by atoms with E-state index in [0.29, 0.717) is 5.92 Å². The summed E-state index contributed by atoms with van der Waals surface area (Å²) >= 11 is 0. The molecule has 2 rings (SSSR count). The number of amides is 1. The number of ether oxygens (including phenoxy) is 1. The molecule has 1 aliphatic heterocycles. The van der Waals surface area contributed by atoms with Crippen molar-refractivity contribution in [1.29, 1.82) is 0 Å². The Kier molecular flexibility index (Phi) is 4.37. The molecule has 0 radical (unpaired) electrons. The molecule has 0 aliphatic carbocycles. The van der Waals surface area contributed by atoms with E-state index >= 15 is 0 Å². The molecule has 0 aromatic heterocycles. The Morgan fingerprint density at radius 1 is 1.33 bits per heavy atom. The van der Waals surface area contributed by atoms with Gasteiger partial charge in [-0.25, -0.2) is 0 Å². The summed E-state index contributed by atoms with van der Waals surface area (Å²) in [7, 11) is 0. The summed E-state index contributed by atoms with van der Waals surface area (Å²) in [5, 5.41) is 3.08. The van der Waals surface area contributed by atoms with Crippen LogP contribution in [0.15, 0.2) is 24.3 Å². The Labute approximate surface area is 109 Å². The summed E-state index contributed by atoms with van der Waals surface area (Å²) in [6, 6.07) is 8.14. The summed E-state index contributed by atoms with van der Waals surface area (Å²) in [5.41, 5.74) is 1.96. The van der Waals surface area contributed by atoms with Gasteiger partial charge < -0.3 is 10.1 Å². The van der Waals surface area contributed by atoms with Crippen molar-refractivity contribution in [2.24, 2.45) is 0 Å². The average molecular weight is 247 g/mol. The molecular formula is C15H21NO2. The van der Waals surface area contributed by atoms with Gasteiger partial charge in [-0.1, -0.05) is 26.0 Å². The normalized spacial score (nSPS) is 16.8. The van der Waals surface area contributed by atoms with Gasteiger partial charge in [-0.05, 0) is 36.5 Å². The fraction of sp³-hybridized carbons (Fsp3) is 0.533. The van der Waals surface area contributed by atoms with Crippen molar-refractivity contribution in [2.45, 2.75) is 38.6 Å². The predicted molar refractivity (Wildman–Crippen MR) is 71.8 cm³/mol. The molecule has 1 aliphatic rings. The van der Waals surface area contributed by atoms with Crippen LogP contribution >= 0.6 is 0 Å². The first-order chi connectivity index (χ1) is 8.66. The third-order valence-electron chi connectivity index (χ3n) is 3.37. The summed E-state index contributed by atoms with van der Waals surface area (Å²) in [6.45, 7) is 5.76. The van der Waals surface area contributed by atoms with E-state index in [-0.39, 0.29) is 11.9 Å². The topological polar surface area (TPSA) is 38.3 Å². The predicted octanol–water partition coefficient (Wildman–Crippen LogP) is 2.72. The van der Waals surface area contributed by atoms with Crippen LogP contribution in [0.2, 0.25) is 0 Å². The number of hydrogen-bond acceptors (Lipinski definition) is 2. The first kappa shape index (κ1) is 13.1. The molecule has 0 bridgehead atoms. The minimum atomic E-state index is 0.0319. The third-order valence-corrected chi connectivity index (χ3v) is 3.37. The maximum Gasteiger partial charge on any atom is 0.251 e. The summed E-state index contributed by atoms with van der Waals surface area (Å²) in [6.07, 6.45) is 1.82. The molecule has 0 saturated carbocycles. The molecule has 98 valence electrons. The number of rotatable bonds is 3. The maximum absolute atomic E-state index is 12.1. The van der Waals surface area contributed by atoms with Gasteiger partial charge in [0, 0.05) is 24.8 Å². The molecule has 0 unspecified atom stereocenters. The number of benzene rings is 1. The Bertz CT molecular complexity index is 409. The van der Waals surface area contributed by atoms with Gasteiger partial charge in [-0.2, -0.15) is 0 Å². The van der Waals surface area contributed by atoms with Crippen molar-refractivity contribution in [3.8, 4) is 0 Å². The van der Waals surface area contributed by atoms with Gasteiger partial charge in [0.05, 0.1) is 0 Å². The van der Waals surface area contributed by atoms with Gasteiger partial charge in [-0.3, -0.25) is 4.79 Å². The standard InChI is InChI=1S/C15H21NO2/c1-11(2)12-4-3-5-13(10-12)15(17)16-14-6-8-18-9-7-14/h3-5,10-11,14H,6-9H2,1-2H3,(H,16,17). The van der Waals surface area contributed by atoms with Crippen LogP contribution in [-0.2, 0) is 4.74 Å². The molecule has 3 nitrogen and oxygen atoms in total. The first-order valence-electron chi connectivity index (χ1n) is 6.65. The first-order valence-corrected chi connectivity index (χ1v) is 6.65. The Morgan fingerprint density at radius 2 is 2.06 bits per heavy atom. The molecule has 1 aromatic carbocycles. The van der Waals surface area contributed by atoms with Crippen molar-refractivity contribution in [1.82, 2.24) is 5.32 Å². The summed E-state index contributed by atoms with van der Waals surface area (Å²) < 4.78 is 5.29. The van der Waals surface area contributed by atoms with Crippen LogP contribution in [0.1, 0.15) is 48.5 Å². The van der Waals surface area contributed by atoms with E-state index in [0.717, 1.165) is 31.6 Å². The van der Waals surface area contributed by atoms with Crippen molar-refractivity contribution in [3.63, 3.8) is 0 Å². The Balaban J connectivity index is 2.01. The summed E-state index contributed by atoms with van der Waals surface area (Å²) in [5.74, 6) is 0.477. The number of hydrogen-bond donors (Lipinski definition) is 1. The highest BCUT2D eigenvalue weighted by Gasteiger charge is 2.17. The Morgan fingerprint density at radius 3 is 2.72 bits per heavy atom. The monoisotopic (exact) mass is 247 g/mol. The smallest absolute Gasteiger partial charge is 0.251 e. The molecule has 1 N–H and O–H groups in total. The van der Waals surface area contributed by atoms with E-state index in [1.165, 1.54) is 5.56 Å². The number of carbonyl (C=O) groups excluding carboxylic acids is 1. The lowest BCUT2D eigenvalue weighted by atomic mass is 10.0. The largest absolute Gasteiger partial charge is 0.381 e. The van der Waals surface area contributed by atoms with Crippen molar-refractivity contribution in [2.75, 3.05) is 13.2 Å². The van der Waals surface area contributed by atoms with Crippen LogP contribution in [0.5, 0.6) is 0 Å². The molecule has 0 atom stereocenters. The van der Waals surface area contributed by atoms with Crippen LogP contribution < -0.4 is 5.32 Å². The molecule has 1 aromatic rings. The molecule has 0 spiro atoms. The third kappa shape index (κ3) is 3.33. The minimum Gasteiger partial charge on any atom is -0.381 e. The summed E-state index contributed by atoms with van der Waals surface area (Å²) in [4.78, 5) is 12.1. The quantitative estimate of drug-likeness (QED) is 0.892. The van der Waals surface area contributed by atoms with Gasteiger partial charge in [0.15, 0.2) is 0 Å². The zero-order valence-electron chi connectivity index (χ0n) is 11.1. The SMILES string of the molecule is CC(C)c1cccc(C(=O)NC2CCOCC2)c1. The highest BCUT2D eigenvalue weighted by atomic mass is 16.5. The van der Waals surface area contributed by atoms with Gasteiger partial charge in [-0.15, -0.1) is 0 Å². The van der Waals surface area contributed by atoms with Crippen LogP contribution in [-0.4, -0.2) is 25.2 Å². The lowest BCUT2D eigenvalue weighted by molar-refractivity contribution is 0.0696. The second kappa shape index (κ2) is 6.01. The molecule has 1 amide bonds. The van der Waals surface area contributed by atoms with E-state index < -0.39 is 0 Å². The molecular weight excluding hydrogens is 226 g/mol. The lowest BCUT2D eigenvalue weighted by Crippen LogP contribution is -2.38. The van der Waals surface area contributed by atoms with E-state index in [1.54, 1.807) is 0 Å². The second-order valence-electron chi connectivity index (χ2n) is 5.14. The van der Waals surface area contributed by atoms with Crippen LogP contribution in [0.25, 0.3) is 0 Å². The molecule has 3 heteroatoms.